The third kappa shape index (κ3) is 5.75. The van der Waals surface area contributed by atoms with Gasteiger partial charge in [0, 0.05) is 25.8 Å². The number of piperidine rings is 1. The summed E-state index contributed by atoms with van der Waals surface area (Å²) in [5, 5.41) is 12.1. The number of nitriles is 1. The van der Waals surface area contributed by atoms with Gasteiger partial charge in [0.1, 0.15) is 11.6 Å². The first-order chi connectivity index (χ1) is 9.15. The van der Waals surface area contributed by atoms with Gasteiger partial charge in [0.2, 0.25) is 0 Å². The van der Waals surface area contributed by atoms with Gasteiger partial charge in [0.05, 0.1) is 0 Å². The van der Waals surface area contributed by atoms with Crippen molar-refractivity contribution in [3.8, 4) is 6.07 Å². The lowest BCUT2D eigenvalue weighted by Crippen LogP contribution is -2.36. The Balaban J connectivity index is 2.38. The molecule has 1 saturated heterocycles. The van der Waals surface area contributed by atoms with Gasteiger partial charge in [-0.05, 0) is 46.3 Å². The van der Waals surface area contributed by atoms with E-state index in [2.05, 4.69) is 10.2 Å². The largest absolute Gasteiger partial charge is 0.390 e. The van der Waals surface area contributed by atoms with Crippen LogP contribution in [0.2, 0.25) is 0 Å². The number of carbonyl (C=O) groups excluding carboxylic acids is 1. The Kier molecular flexibility index (Phi) is 6.98. The highest BCUT2D eigenvalue weighted by molar-refractivity contribution is 5.97. The fourth-order valence-corrected chi connectivity index (χ4v) is 2.08. The fraction of sp³-hybridized carbons (Fsp3) is 0.714. The van der Waals surface area contributed by atoms with Crippen molar-refractivity contribution in [3.05, 3.63) is 11.8 Å². The summed E-state index contributed by atoms with van der Waals surface area (Å²) in [5.41, 5.74) is 0.215. The molecule has 1 fully saturated rings. The zero-order chi connectivity index (χ0) is 14.1. The average Bonchev–Trinajstić information content (AvgIpc) is 2.43. The third-order valence-electron chi connectivity index (χ3n) is 3.17. The molecule has 1 N–H and O–H groups in total. The smallest absolute Gasteiger partial charge is 0.265 e. The number of rotatable bonds is 6. The lowest BCUT2D eigenvalue weighted by Gasteiger charge is -2.26. The molecule has 1 aliphatic heterocycles. The quantitative estimate of drug-likeness (QED) is 0.441. The van der Waals surface area contributed by atoms with Crippen molar-refractivity contribution in [2.75, 3.05) is 40.3 Å². The van der Waals surface area contributed by atoms with E-state index in [1.54, 1.807) is 11.1 Å². The maximum atomic E-state index is 12.1. The molecule has 0 atom stereocenters. The Morgan fingerprint density at radius 2 is 2.05 bits per heavy atom. The number of hydrogen-bond acceptors (Lipinski definition) is 4. The average molecular weight is 264 g/mol. The number of hydrogen-bond donors (Lipinski definition) is 1. The third-order valence-corrected chi connectivity index (χ3v) is 3.17. The fourth-order valence-electron chi connectivity index (χ4n) is 2.08. The van der Waals surface area contributed by atoms with Crippen molar-refractivity contribution in [2.24, 2.45) is 0 Å². The highest BCUT2D eigenvalue weighted by atomic mass is 16.2. The molecular weight excluding hydrogens is 240 g/mol. The summed E-state index contributed by atoms with van der Waals surface area (Å²) in [4.78, 5) is 16.0. The van der Waals surface area contributed by atoms with E-state index in [9.17, 15) is 4.79 Å². The topological polar surface area (TPSA) is 59.4 Å². The predicted molar refractivity (Wildman–Crippen MR) is 75.3 cm³/mol. The van der Waals surface area contributed by atoms with Crippen LogP contribution in [0.1, 0.15) is 25.7 Å². The number of amides is 1. The molecule has 1 aliphatic rings. The number of likely N-dealkylation sites (tertiary alicyclic amines) is 1. The Bertz CT molecular complexity index is 351. The first-order valence-corrected chi connectivity index (χ1v) is 6.93. The maximum absolute atomic E-state index is 12.1. The van der Waals surface area contributed by atoms with Crippen LogP contribution >= 0.6 is 0 Å². The van der Waals surface area contributed by atoms with Crippen molar-refractivity contribution >= 4 is 5.91 Å². The van der Waals surface area contributed by atoms with Crippen LogP contribution in [-0.2, 0) is 4.79 Å². The molecule has 1 rings (SSSR count). The van der Waals surface area contributed by atoms with Crippen molar-refractivity contribution in [1.82, 2.24) is 15.1 Å². The van der Waals surface area contributed by atoms with Crippen LogP contribution in [0.3, 0.4) is 0 Å². The Morgan fingerprint density at radius 1 is 1.37 bits per heavy atom. The van der Waals surface area contributed by atoms with Crippen molar-refractivity contribution in [1.29, 1.82) is 5.26 Å². The van der Waals surface area contributed by atoms with E-state index in [0.29, 0.717) is 0 Å². The van der Waals surface area contributed by atoms with E-state index in [0.717, 1.165) is 45.4 Å². The molecule has 5 nitrogen and oxygen atoms in total. The van der Waals surface area contributed by atoms with Crippen LogP contribution in [0.25, 0.3) is 0 Å². The standard InChI is InChI=1S/C14H24N4O/c1-17(2)8-6-7-16-12-13(11-15)14(19)18-9-4-3-5-10-18/h12,16H,3-10H2,1-2H3/b13-12-. The van der Waals surface area contributed by atoms with Gasteiger partial charge in [-0.2, -0.15) is 5.26 Å². The minimum absolute atomic E-state index is 0.137. The van der Waals surface area contributed by atoms with Gasteiger partial charge < -0.3 is 15.1 Å². The Morgan fingerprint density at radius 3 is 2.63 bits per heavy atom. The molecule has 0 bridgehead atoms. The lowest BCUT2D eigenvalue weighted by molar-refractivity contribution is -0.127. The molecule has 19 heavy (non-hydrogen) atoms. The normalized spacial score (nSPS) is 16.3. The molecule has 1 heterocycles. The zero-order valence-electron chi connectivity index (χ0n) is 12.0. The Labute approximate surface area is 115 Å². The summed E-state index contributed by atoms with van der Waals surface area (Å²) in [6.45, 7) is 3.32. The summed E-state index contributed by atoms with van der Waals surface area (Å²) < 4.78 is 0. The maximum Gasteiger partial charge on any atom is 0.265 e. The van der Waals surface area contributed by atoms with Gasteiger partial charge in [-0.15, -0.1) is 0 Å². The van der Waals surface area contributed by atoms with Gasteiger partial charge >= 0.3 is 0 Å². The predicted octanol–water partition coefficient (Wildman–Crippen LogP) is 0.948. The van der Waals surface area contributed by atoms with Crippen LogP contribution in [0, 0.1) is 11.3 Å². The van der Waals surface area contributed by atoms with Gasteiger partial charge in [-0.1, -0.05) is 0 Å². The molecule has 106 valence electrons. The monoisotopic (exact) mass is 264 g/mol. The summed E-state index contributed by atoms with van der Waals surface area (Å²) >= 11 is 0. The SMILES string of the molecule is CN(C)CCCN/C=C(/C#N)C(=O)N1CCCCC1. The molecule has 0 spiro atoms. The second-order valence-electron chi connectivity index (χ2n) is 5.13. The summed E-state index contributed by atoms with van der Waals surface area (Å²) in [6.07, 6.45) is 5.81. The Hall–Kier alpha value is -1.54. The first-order valence-electron chi connectivity index (χ1n) is 6.93. The zero-order valence-corrected chi connectivity index (χ0v) is 12.0. The van der Waals surface area contributed by atoms with E-state index in [1.165, 1.54) is 6.42 Å². The van der Waals surface area contributed by atoms with Gasteiger partial charge in [-0.3, -0.25) is 4.79 Å². The van der Waals surface area contributed by atoms with Gasteiger partial charge in [0.25, 0.3) is 5.91 Å². The van der Waals surface area contributed by atoms with Crippen molar-refractivity contribution in [3.63, 3.8) is 0 Å². The summed E-state index contributed by atoms with van der Waals surface area (Å²) in [7, 11) is 4.05. The highest BCUT2D eigenvalue weighted by Gasteiger charge is 2.19. The second-order valence-corrected chi connectivity index (χ2v) is 5.13. The van der Waals surface area contributed by atoms with Crippen molar-refractivity contribution in [2.45, 2.75) is 25.7 Å². The molecule has 0 aromatic rings. The molecule has 0 radical (unpaired) electrons. The van der Waals surface area contributed by atoms with Crippen LogP contribution in [0.4, 0.5) is 0 Å². The van der Waals surface area contributed by atoms with Crippen LogP contribution < -0.4 is 5.32 Å². The molecule has 5 heteroatoms. The van der Waals surface area contributed by atoms with E-state index in [4.69, 9.17) is 5.26 Å². The number of nitrogens with zero attached hydrogens (tertiary/aromatic N) is 3. The number of nitrogens with one attached hydrogen (secondary N) is 1. The van der Waals surface area contributed by atoms with Crippen molar-refractivity contribution < 1.29 is 4.79 Å². The molecule has 0 unspecified atom stereocenters. The highest BCUT2D eigenvalue weighted by Crippen LogP contribution is 2.11. The first kappa shape index (κ1) is 15.5. The lowest BCUT2D eigenvalue weighted by atomic mass is 10.1. The summed E-state index contributed by atoms with van der Waals surface area (Å²) in [5.74, 6) is -0.137. The minimum Gasteiger partial charge on any atom is -0.390 e. The van der Waals surface area contributed by atoms with Crippen LogP contribution in [-0.4, -0.2) is 56.0 Å². The molecule has 0 aliphatic carbocycles. The van der Waals surface area contributed by atoms with Gasteiger partial charge in [-0.25, -0.2) is 0 Å². The minimum atomic E-state index is -0.137. The second kappa shape index (κ2) is 8.54. The molecule has 0 aromatic carbocycles. The molecule has 0 saturated carbocycles. The van der Waals surface area contributed by atoms with E-state index in [1.807, 2.05) is 20.2 Å². The van der Waals surface area contributed by atoms with Gasteiger partial charge in [0.15, 0.2) is 0 Å². The summed E-state index contributed by atoms with van der Waals surface area (Å²) in [6, 6.07) is 2.00. The van der Waals surface area contributed by atoms with Crippen LogP contribution in [0.5, 0.6) is 0 Å². The van der Waals surface area contributed by atoms with E-state index in [-0.39, 0.29) is 11.5 Å². The van der Waals surface area contributed by atoms with E-state index < -0.39 is 0 Å². The molecule has 1 amide bonds. The molecule has 0 aromatic heterocycles. The van der Waals surface area contributed by atoms with Crippen LogP contribution in [0.15, 0.2) is 11.8 Å². The number of carbonyl (C=O) groups is 1. The van der Waals surface area contributed by atoms with E-state index >= 15 is 0 Å². The molecular formula is C14H24N4O.